The van der Waals surface area contributed by atoms with E-state index in [4.69, 9.17) is 5.73 Å². The fourth-order valence-electron chi connectivity index (χ4n) is 3.83. The van der Waals surface area contributed by atoms with E-state index >= 15 is 0 Å². The van der Waals surface area contributed by atoms with Crippen LogP contribution in [0.4, 0.5) is 0 Å². The van der Waals surface area contributed by atoms with Crippen molar-refractivity contribution in [2.75, 3.05) is 0 Å². The average molecular weight is 287 g/mol. The molecule has 0 aromatic carbocycles. The molecule has 0 saturated heterocycles. The summed E-state index contributed by atoms with van der Waals surface area (Å²) in [6.07, 6.45) is 14.8. The molecule has 2 aliphatic carbocycles. The smallest absolute Gasteiger partial charge is 0.155 e. The summed E-state index contributed by atoms with van der Waals surface area (Å²) in [6.45, 7) is 0. The van der Waals surface area contributed by atoms with Crippen molar-refractivity contribution in [3.8, 4) is 5.75 Å². The number of fused-ring (bicyclic) bond motifs is 1. The Bertz CT molecular complexity index is 515. The Hall–Kier alpha value is -1.58. The molecule has 2 saturated carbocycles. The second-order valence-corrected chi connectivity index (χ2v) is 6.52. The van der Waals surface area contributed by atoms with Gasteiger partial charge in [-0.15, -0.1) is 0 Å². The van der Waals surface area contributed by atoms with Crippen LogP contribution in [0.1, 0.15) is 56.5 Å². The number of unbranched alkanes of at least 4 members (excludes halogenated alkanes) is 2. The number of hydrogen-bond donors (Lipinski definition) is 2. The Balaban J connectivity index is 1.39. The Labute approximate surface area is 126 Å². The molecule has 2 unspecified atom stereocenters. The highest BCUT2D eigenvalue weighted by Gasteiger charge is 2.47. The van der Waals surface area contributed by atoms with E-state index < -0.39 is 0 Å². The summed E-state index contributed by atoms with van der Waals surface area (Å²) in [4.78, 5) is 8.34. The van der Waals surface area contributed by atoms with E-state index in [1.165, 1.54) is 50.9 Å². The van der Waals surface area contributed by atoms with Crippen molar-refractivity contribution in [1.82, 2.24) is 9.97 Å². The highest BCUT2D eigenvalue weighted by Crippen LogP contribution is 2.56. The number of nitrogens with two attached hydrogens (primary N) is 1. The molecule has 114 valence electrons. The molecule has 4 nitrogen and oxygen atoms in total. The third-order valence-electron chi connectivity index (χ3n) is 5.09. The van der Waals surface area contributed by atoms with Crippen LogP contribution in [0, 0.1) is 17.8 Å². The Morgan fingerprint density at radius 2 is 2.19 bits per heavy atom. The van der Waals surface area contributed by atoms with Crippen molar-refractivity contribution in [2.24, 2.45) is 23.5 Å². The summed E-state index contributed by atoms with van der Waals surface area (Å²) in [5.74, 6) is 3.96. The lowest BCUT2D eigenvalue weighted by Gasteiger charge is -2.11. The van der Waals surface area contributed by atoms with Crippen LogP contribution in [-0.4, -0.2) is 15.1 Å². The van der Waals surface area contributed by atoms with E-state index in [0.29, 0.717) is 5.82 Å². The lowest BCUT2D eigenvalue weighted by atomic mass is 9.96. The molecule has 0 aliphatic heterocycles. The lowest BCUT2D eigenvalue weighted by molar-refractivity contribution is 0.418. The van der Waals surface area contributed by atoms with Crippen LogP contribution in [0.5, 0.6) is 5.75 Å². The molecule has 0 spiro atoms. The van der Waals surface area contributed by atoms with Crippen molar-refractivity contribution in [2.45, 2.75) is 51.4 Å². The van der Waals surface area contributed by atoms with Crippen LogP contribution in [-0.2, 0) is 6.42 Å². The fraction of sp³-hybridized carbons (Fsp3) is 0.647. The zero-order valence-corrected chi connectivity index (χ0v) is 12.5. The van der Waals surface area contributed by atoms with Gasteiger partial charge < -0.3 is 10.8 Å². The van der Waals surface area contributed by atoms with Crippen LogP contribution >= 0.6 is 0 Å². The van der Waals surface area contributed by atoms with Gasteiger partial charge in [0.1, 0.15) is 0 Å². The van der Waals surface area contributed by atoms with E-state index in [2.05, 4.69) is 9.97 Å². The fourth-order valence-corrected chi connectivity index (χ4v) is 3.83. The first kappa shape index (κ1) is 14.4. The maximum atomic E-state index is 9.79. The number of hydrogen-bond acceptors (Lipinski definition) is 4. The summed E-state index contributed by atoms with van der Waals surface area (Å²) in [7, 11) is 0. The maximum absolute atomic E-state index is 9.79. The molecule has 2 aliphatic rings. The highest BCUT2D eigenvalue weighted by atomic mass is 16.3. The van der Waals surface area contributed by atoms with Gasteiger partial charge in [0.25, 0.3) is 0 Å². The van der Waals surface area contributed by atoms with E-state index in [1.807, 2.05) is 0 Å². The minimum absolute atomic E-state index is 0.195. The second kappa shape index (κ2) is 6.46. The van der Waals surface area contributed by atoms with Gasteiger partial charge in [-0.2, -0.15) is 0 Å². The molecule has 0 amide bonds. The number of aryl methyl sites for hydroxylation is 1. The summed E-state index contributed by atoms with van der Waals surface area (Å²) in [5, 5.41) is 9.79. The molecule has 3 N–H and O–H groups in total. The van der Waals surface area contributed by atoms with Crippen molar-refractivity contribution in [3.63, 3.8) is 0 Å². The van der Waals surface area contributed by atoms with Crippen LogP contribution in [0.25, 0.3) is 6.08 Å². The van der Waals surface area contributed by atoms with Gasteiger partial charge in [-0.05, 0) is 62.1 Å². The van der Waals surface area contributed by atoms with Gasteiger partial charge in [-0.25, -0.2) is 9.97 Å². The predicted octanol–water partition coefficient (Wildman–Crippen LogP) is 3.26. The van der Waals surface area contributed by atoms with Gasteiger partial charge in [0.05, 0.1) is 11.9 Å². The molecule has 4 heteroatoms. The molecule has 0 radical (unpaired) electrons. The highest BCUT2D eigenvalue weighted by molar-refractivity contribution is 5.40. The van der Waals surface area contributed by atoms with Crippen molar-refractivity contribution < 1.29 is 5.11 Å². The van der Waals surface area contributed by atoms with Gasteiger partial charge in [-0.3, -0.25) is 0 Å². The van der Waals surface area contributed by atoms with Gasteiger partial charge >= 0.3 is 0 Å². The van der Waals surface area contributed by atoms with Crippen LogP contribution in [0.15, 0.2) is 12.4 Å². The van der Waals surface area contributed by atoms with Crippen molar-refractivity contribution >= 4 is 6.08 Å². The molecule has 21 heavy (non-hydrogen) atoms. The standard InChI is InChI=1S/C17H25N3O/c18-9-8-17-19-11-16(21)15(20-17)5-3-1-2-4-12-6-7-13-10-14(12)13/h8-9,11-14,21H,1-7,10,18H2/t12-,13?,14?/m0/s1. The Kier molecular flexibility index (Phi) is 4.42. The first-order chi connectivity index (χ1) is 10.3. The Morgan fingerprint density at radius 3 is 2.90 bits per heavy atom. The van der Waals surface area contributed by atoms with E-state index in [1.54, 1.807) is 6.08 Å². The van der Waals surface area contributed by atoms with Gasteiger partial charge in [0, 0.05) is 0 Å². The van der Waals surface area contributed by atoms with E-state index in [9.17, 15) is 5.11 Å². The maximum Gasteiger partial charge on any atom is 0.155 e. The third kappa shape index (κ3) is 3.55. The summed E-state index contributed by atoms with van der Waals surface area (Å²) < 4.78 is 0. The third-order valence-corrected chi connectivity index (χ3v) is 5.09. The number of rotatable bonds is 7. The van der Waals surface area contributed by atoms with Crippen molar-refractivity contribution in [3.05, 3.63) is 23.9 Å². The minimum Gasteiger partial charge on any atom is -0.504 e. The monoisotopic (exact) mass is 287 g/mol. The first-order valence-corrected chi connectivity index (χ1v) is 8.21. The molecule has 1 heterocycles. The molecule has 1 aromatic heterocycles. The molecular weight excluding hydrogens is 262 g/mol. The first-order valence-electron chi connectivity index (χ1n) is 8.21. The van der Waals surface area contributed by atoms with Crippen LogP contribution < -0.4 is 5.73 Å². The number of aromatic hydroxyl groups is 1. The van der Waals surface area contributed by atoms with Gasteiger partial charge in [-0.1, -0.05) is 19.3 Å². The van der Waals surface area contributed by atoms with Gasteiger partial charge in [0.2, 0.25) is 0 Å². The van der Waals surface area contributed by atoms with E-state index in [0.717, 1.165) is 36.3 Å². The SMILES string of the molecule is NC=Cc1ncc(O)c(CCCCC[C@H]2CCC3CC32)n1. The summed E-state index contributed by atoms with van der Waals surface area (Å²) in [6, 6.07) is 0. The molecule has 2 fully saturated rings. The topological polar surface area (TPSA) is 72.0 Å². The minimum atomic E-state index is 0.195. The predicted molar refractivity (Wildman–Crippen MR) is 83.4 cm³/mol. The number of aromatic nitrogens is 2. The Morgan fingerprint density at radius 1 is 1.29 bits per heavy atom. The molecule has 0 bridgehead atoms. The van der Waals surface area contributed by atoms with E-state index in [-0.39, 0.29) is 5.75 Å². The average Bonchev–Trinajstić information content (AvgIpc) is 3.16. The van der Waals surface area contributed by atoms with Crippen LogP contribution in [0.2, 0.25) is 0 Å². The molecular formula is C17H25N3O. The summed E-state index contributed by atoms with van der Waals surface area (Å²) >= 11 is 0. The summed E-state index contributed by atoms with van der Waals surface area (Å²) in [5.41, 5.74) is 6.08. The quantitative estimate of drug-likeness (QED) is 0.755. The molecule has 3 atom stereocenters. The lowest BCUT2D eigenvalue weighted by Crippen LogP contribution is -2.00. The largest absolute Gasteiger partial charge is 0.504 e. The zero-order valence-electron chi connectivity index (χ0n) is 12.5. The van der Waals surface area contributed by atoms with Gasteiger partial charge in [0.15, 0.2) is 11.6 Å². The normalized spacial score (nSPS) is 27.1. The van der Waals surface area contributed by atoms with Crippen LogP contribution in [0.3, 0.4) is 0 Å². The number of nitrogens with zero attached hydrogens (tertiary/aromatic N) is 2. The zero-order chi connectivity index (χ0) is 14.7. The molecule has 1 aromatic rings. The van der Waals surface area contributed by atoms with Crippen molar-refractivity contribution in [1.29, 1.82) is 0 Å². The second-order valence-electron chi connectivity index (χ2n) is 6.52. The molecule has 3 rings (SSSR count).